The van der Waals surface area contributed by atoms with Crippen LogP contribution in [0.4, 0.5) is 0 Å². The van der Waals surface area contributed by atoms with Crippen LogP contribution in [0.3, 0.4) is 0 Å². The average Bonchev–Trinajstić information content (AvgIpc) is 3.04. The van der Waals surface area contributed by atoms with Gasteiger partial charge in [-0.25, -0.2) is 5.84 Å². The lowest BCUT2D eigenvalue weighted by Gasteiger charge is -2.13. The van der Waals surface area contributed by atoms with Crippen LogP contribution in [0, 0.1) is 0 Å². The quantitative estimate of drug-likeness (QED) is 0.434. The maximum Gasteiger partial charge on any atom is 0.300 e. The first-order chi connectivity index (χ1) is 9.17. The van der Waals surface area contributed by atoms with E-state index in [2.05, 4.69) is 4.90 Å². The largest absolute Gasteiger partial charge is 0.455 e. The predicted molar refractivity (Wildman–Crippen MR) is 67.2 cm³/mol. The summed E-state index contributed by atoms with van der Waals surface area (Å²) >= 11 is 0. The van der Waals surface area contributed by atoms with Gasteiger partial charge in [0.15, 0.2) is 5.76 Å². The van der Waals surface area contributed by atoms with Gasteiger partial charge < -0.3 is 13.9 Å². The number of carbonyl (C=O) groups excluding carboxylic acids is 1. The van der Waals surface area contributed by atoms with Crippen LogP contribution in [-0.4, -0.2) is 50.3 Å². The van der Waals surface area contributed by atoms with Gasteiger partial charge in [0, 0.05) is 27.3 Å². The van der Waals surface area contributed by atoms with Crippen molar-refractivity contribution in [3.05, 3.63) is 23.7 Å². The second-order valence-electron chi connectivity index (χ2n) is 4.48. The molecule has 7 heteroatoms. The van der Waals surface area contributed by atoms with Gasteiger partial charge in [-0.2, -0.15) is 0 Å². The fraction of sp³-hybridized carbons (Fsp3) is 0.583. The predicted octanol–water partition coefficient (Wildman–Crippen LogP) is -0.271. The van der Waals surface area contributed by atoms with E-state index < -0.39 is 5.91 Å². The van der Waals surface area contributed by atoms with Gasteiger partial charge in [0.25, 0.3) is 0 Å². The van der Waals surface area contributed by atoms with Crippen LogP contribution in [0.1, 0.15) is 16.3 Å². The summed E-state index contributed by atoms with van der Waals surface area (Å²) < 4.78 is 16.2. The van der Waals surface area contributed by atoms with Gasteiger partial charge in [-0.15, -0.1) is 0 Å². The summed E-state index contributed by atoms with van der Waals surface area (Å²) in [6, 6.07) is 3.38. The zero-order valence-electron chi connectivity index (χ0n) is 11.1. The molecule has 0 radical (unpaired) electrons. The third-order valence-corrected chi connectivity index (χ3v) is 3.29. The molecule has 1 aromatic heterocycles. The van der Waals surface area contributed by atoms with Gasteiger partial charge in [-0.05, 0) is 12.1 Å². The van der Waals surface area contributed by atoms with Gasteiger partial charge >= 0.3 is 5.91 Å². The highest BCUT2D eigenvalue weighted by molar-refractivity contribution is 5.90. The number of rotatable bonds is 5. The monoisotopic (exact) mass is 269 g/mol. The number of hydrogen-bond acceptors (Lipinski definition) is 6. The van der Waals surface area contributed by atoms with E-state index in [1.165, 1.54) is 0 Å². The standard InChI is InChI=1S/C12H19N3O4/c1-17-10-6-15(7-11(10)18-2)5-8-3-4-9(19-8)12(16)14-13/h3-4,10-11H,5-7,13H2,1-2H3,(H,14,16). The molecule has 1 saturated heterocycles. The first-order valence-corrected chi connectivity index (χ1v) is 6.05. The van der Waals surface area contributed by atoms with Crippen molar-refractivity contribution in [2.24, 2.45) is 5.84 Å². The molecule has 2 atom stereocenters. The number of ether oxygens (including phenoxy) is 2. The van der Waals surface area contributed by atoms with Crippen molar-refractivity contribution in [3.8, 4) is 0 Å². The maximum atomic E-state index is 11.3. The van der Waals surface area contributed by atoms with E-state index in [9.17, 15) is 4.79 Å². The Morgan fingerprint density at radius 3 is 2.58 bits per heavy atom. The highest BCUT2D eigenvalue weighted by Gasteiger charge is 2.33. The van der Waals surface area contributed by atoms with Crippen LogP contribution < -0.4 is 11.3 Å². The lowest BCUT2D eigenvalue weighted by atomic mass is 10.3. The molecule has 2 unspecified atom stereocenters. The van der Waals surface area contributed by atoms with Crippen LogP contribution in [0.25, 0.3) is 0 Å². The Labute approximate surface area is 111 Å². The smallest absolute Gasteiger partial charge is 0.300 e. The Hall–Kier alpha value is -1.41. The molecule has 1 aliphatic rings. The van der Waals surface area contributed by atoms with Crippen LogP contribution in [0.15, 0.2) is 16.5 Å². The Bertz CT molecular complexity index is 422. The number of nitrogens with zero attached hydrogens (tertiary/aromatic N) is 1. The van der Waals surface area contributed by atoms with E-state index in [-0.39, 0.29) is 18.0 Å². The molecule has 2 rings (SSSR count). The number of hydrazine groups is 1. The molecule has 3 N–H and O–H groups in total. The number of amides is 1. The second kappa shape index (κ2) is 6.16. The van der Waals surface area contributed by atoms with Crippen molar-refractivity contribution in [2.45, 2.75) is 18.8 Å². The molecular weight excluding hydrogens is 250 g/mol. The molecule has 1 amide bonds. The van der Waals surface area contributed by atoms with E-state index in [4.69, 9.17) is 19.7 Å². The van der Waals surface area contributed by atoms with E-state index in [0.29, 0.717) is 12.3 Å². The number of furan rings is 1. The highest BCUT2D eigenvalue weighted by atomic mass is 16.5. The van der Waals surface area contributed by atoms with Crippen LogP contribution in [0.2, 0.25) is 0 Å². The van der Waals surface area contributed by atoms with Crippen LogP contribution >= 0.6 is 0 Å². The van der Waals surface area contributed by atoms with E-state index in [0.717, 1.165) is 13.1 Å². The molecule has 0 saturated carbocycles. The van der Waals surface area contributed by atoms with Gasteiger partial charge in [-0.1, -0.05) is 0 Å². The van der Waals surface area contributed by atoms with E-state index in [1.807, 2.05) is 5.43 Å². The normalized spacial score (nSPS) is 23.7. The fourth-order valence-electron chi connectivity index (χ4n) is 2.28. The molecule has 1 aromatic rings. The minimum atomic E-state index is -0.433. The summed E-state index contributed by atoms with van der Waals surface area (Å²) in [6.07, 6.45) is 0.124. The first kappa shape index (κ1) is 14.0. The molecule has 1 aliphatic heterocycles. The Kier molecular flexibility index (Phi) is 4.54. The molecule has 0 aliphatic carbocycles. The number of methoxy groups -OCH3 is 2. The number of nitrogens with one attached hydrogen (secondary N) is 1. The van der Waals surface area contributed by atoms with Crippen molar-refractivity contribution >= 4 is 5.91 Å². The molecule has 1 fully saturated rings. The summed E-state index contributed by atoms with van der Waals surface area (Å²) in [7, 11) is 3.35. The minimum absolute atomic E-state index is 0.0618. The van der Waals surface area contributed by atoms with Gasteiger partial charge in [-0.3, -0.25) is 15.1 Å². The fourth-order valence-corrected chi connectivity index (χ4v) is 2.28. The van der Waals surface area contributed by atoms with Crippen LogP contribution in [0.5, 0.6) is 0 Å². The van der Waals surface area contributed by atoms with Crippen molar-refractivity contribution in [1.82, 2.24) is 10.3 Å². The third kappa shape index (κ3) is 3.13. The molecule has 2 heterocycles. The van der Waals surface area contributed by atoms with Crippen molar-refractivity contribution in [1.29, 1.82) is 0 Å². The van der Waals surface area contributed by atoms with Gasteiger partial charge in [0.05, 0.1) is 18.8 Å². The summed E-state index contributed by atoms with van der Waals surface area (Å²) in [6.45, 7) is 2.15. The summed E-state index contributed by atoms with van der Waals surface area (Å²) in [5.41, 5.74) is 2.03. The Balaban J connectivity index is 1.95. The lowest BCUT2D eigenvalue weighted by Crippen LogP contribution is -2.29. The second-order valence-corrected chi connectivity index (χ2v) is 4.48. The highest BCUT2D eigenvalue weighted by Crippen LogP contribution is 2.19. The van der Waals surface area contributed by atoms with Crippen molar-refractivity contribution in [2.75, 3.05) is 27.3 Å². The number of nitrogen functional groups attached to an aromatic ring is 1. The molecule has 19 heavy (non-hydrogen) atoms. The third-order valence-electron chi connectivity index (χ3n) is 3.29. The topological polar surface area (TPSA) is 90.0 Å². The summed E-state index contributed by atoms with van der Waals surface area (Å²) in [5.74, 6) is 5.54. The molecule has 0 spiro atoms. The molecule has 7 nitrogen and oxygen atoms in total. The average molecular weight is 269 g/mol. The number of likely N-dealkylation sites (tertiary alicyclic amines) is 1. The summed E-state index contributed by atoms with van der Waals surface area (Å²) in [4.78, 5) is 13.4. The minimum Gasteiger partial charge on any atom is -0.455 e. The zero-order chi connectivity index (χ0) is 13.8. The van der Waals surface area contributed by atoms with Gasteiger partial charge in [0.1, 0.15) is 5.76 Å². The zero-order valence-corrected chi connectivity index (χ0v) is 11.1. The summed E-state index contributed by atoms with van der Waals surface area (Å²) in [5, 5.41) is 0. The molecule has 0 bridgehead atoms. The molecular formula is C12H19N3O4. The van der Waals surface area contributed by atoms with E-state index >= 15 is 0 Å². The Morgan fingerprint density at radius 2 is 2.05 bits per heavy atom. The van der Waals surface area contributed by atoms with Crippen molar-refractivity contribution in [3.63, 3.8) is 0 Å². The van der Waals surface area contributed by atoms with E-state index in [1.54, 1.807) is 26.4 Å². The molecule has 106 valence electrons. The van der Waals surface area contributed by atoms with Crippen molar-refractivity contribution < 1.29 is 18.7 Å². The number of nitrogens with two attached hydrogens (primary N) is 1. The Morgan fingerprint density at radius 1 is 1.42 bits per heavy atom. The lowest BCUT2D eigenvalue weighted by molar-refractivity contribution is -0.00461. The number of carbonyl (C=O) groups is 1. The maximum absolute atomic E-state index is 11.3. The number of hydrogen-bond donors (Lipinski definition) is 2. The van der Waals surface area contributed by atoms with Crippen LogP contribution in [-0.2, 0) is 16.0 Å². The first-order valence-electron chi connectivity index (χ1n) is 6.05. The SMILES string of the molecule is COC1CN(Cc2ccc(C(=O)NN)o2)CC1OC. The molecule has 0 aromatic carbocycles. The van der Waals surface area contributed by atoms with Gasteiger partial charge in [0.2, 0.25) is 0 Å².